The lowest BCUT2D eigenvalue weighted by Crippen LogP contribution is -2.72. The third kappa shape index (κ3) is 2.66. The molecule has 0 bridgehead atoms. The van der Waals surface area contributed by atoms with Gasteiger partial charge in [-0.3, -0.25) is 11.5 Å². The monoisotopic (exact) mass is 179 g/mol. The first kappa shape index (κ1) is 9.38. The Balaban J connectivity index is 2.99. The fourth-order valence-electron chi connectivity index (χ4n) is 1.03. The van der Waals surface area contributed by atoms with Crippen molar-refractivity contribution in [3.63, 3.8) is 0 Å². The Kier molecular flexibility index (Phi) is 2.74. The summed E-state index contributed by atoms with van der Waals surface area (Å²) in [5, 5.41) is 0. The normalized spacial score (nSPS) is 9.38. The van der Waals surface area contributed by atoms with Crippen molar-refractivity contribution >= 4 is 17.3 Å². The minimum Gasteiger partial charge on any atom is -0.378 e. The van der Waals surface area contributed by atoms with Crippen LogP contribution < -0.4 is 21.4 Å². The van der Waals surface area contributed by atoms with E-state index in [1.54, 1.807) is 0 Å². The van der Waals surface area contributed by atoms with Gasteiger partial charge < -0.3 is 4.90 Å². The summed E-state index contributed by atoms with van der Waals surface area (Å²) in [6.07, 6.45) is 0. The Morgan fingerprint density at radius 2 is 2.00 bits per heavy atom. The topological polar surface area (TPSA) is 69.2 Å². The molecule has 0 saturated carbocycles. The highest BCUT2D eigenvalue weighted by Gasteiger charge is 1.97. The first-order valence-corrected chi connectivity index (χ1v) is 4.02. The molecule has 0 atom stereocenters. The molecule has 0 radical (unpaired) electrons. The van der Waals surface area contributed by atoms with Crippen molar-refractivity contribution < 1.29 is 4.99 Å². The van der Waals surface area contributed by atoms with Crippen LogP contribution in [0.1, 0.15) is 0 Å². The van der Waals surface area contributed by atoms with E-state index in [1.807, 2.05) is 43.3 Å². The van der Waals surface area contributed by atoms with Gasteiger partial charge in [-0.1, -0.05) is 6.07 Å². The molecule has 0 saturated heterocycles. The molecule has 4 nitrogen and oxygen atoms in total. The zero-order chi connectivity index (χ0) is 9.84. The van der Waals surface area contributed by atoms with Crippen LogP contribution in [0, 0.1) is 0 Å². The third-order valence-corrected chi connectivity index (χ3v) is 1.65. The van der Waals surface area contributed by atoms with Crippen LogP contribution in [0.4, 0.5) is 11.4 Å². The number of anilines is 1. The fraction of sp³-hybridized carbons (Fsp3) is 0.222. The van der Waals surface area contributed by atoms with E-state index in [9.17, 15) is 0 Å². The van der Waals surface area contributed by atoms with E-state index in [-0.39, 0.29) is 5.96 Å². The van der Waals surface area contributed by atoms with Gasteiger partial charge in [-0.15, -0.1) is 0 Å². The van der Waals surface area contributed by atoms with Crippen LogP contribution >= 0.6 is 0 Å². The first-order valence-electron chi connectivity index (χ1n) is 4.02. The molecule has 13 heavy (non-hydrogen) atoms. The van der Waals surface area contributed by atoms with E-state index >= 15 is 0 Å². The molecule has 1 aromatic carbocycles. The number of nitrogens with one attached hydrogen (secondary N) is 1. The average Bonchev–Trinajstić information content (AvgIpc) is 2.03. The van der Waals surface area contributed by atoms with Crippen LogP contribution in [0.5, 0.6) is 0 Å². The average molecular weight is 179 g/mol. The molecule has 1 rings (SSSR count). The van der Waals surface area contributed by atoms with Gasteiger partial charge in [0.2, 0.25) is 0 Å². The SMILES string of the molecule is CN(C)c1cccc([NH+]=C(N)N)c1. The van der Waals surface area contributed by atoms with Gasteiger partial charge in [0.1, 0.15) is 5.69 Å². The van der Waals surface area contributed by atoms with Crippen molar-refractivity contribution in [1.29, 1.82) is 0 Å². The zero-order valence-corrected chi connectivity index (χ0v) is 7.91. The molecule has 0 amide bonds. The highest BCUT2D eigenvalue weighted by atomic mass is 15.1. The first-order chi connectivity index (χ1) is 6.09. The second kappa shape index (κ2) is 3.80. The molecule has 1 aromatic rings. The van der Waals surface area contributed by atoms with Crippen LogP contribution in [0.25, 0.3) is 0 Å². The van der Waals surface area contributed by atoms with Crippen LogP contribution in [0.3, 0.4) is 0 Å². The largest absolute Gasteiger partial charge is 0.378 e. The van der Waals surface area contributed by atoms with Gasteiger partial charge in [0.05, 0.1) is 0 Å². The molecule has 70 valence electrons. The van der Waals surface area contributed by atoms with Crippen LogP contribution in [0.15, 0.2) is 24.3 Å². The van der Waals surface area contributed by atoms with Crippen molar-refractivity contribution in [3.8, 4) is 0 Å². The fourth-order valence-corrected chi connectivity index (χ4v) is 1.03. The van der Waals surface area contributed by atoms with Gasteiger partial charge >= 0.3 is 5.96 Å². The Labute approximate surface area is 77.9 Å². The van der Waals surface area contributed by atoms with Crippen molar-refractivity contribution in [2.75, 3.05) is 19.0 Å². The molecule has 0 aliphatic rings. The highest BCUT2D eigenvalue weighted by Crippen LogP contribution is 2.12. The number of rotatable bonds is 2. The van der Waals surface area contributed by atoms with Gasteiger partial charge in [0, 0.05) is 25.8 Å². The maximum atomic E-state index is 5.32. The molecule has 0 aliphatic carbocycles. The number of guanidine groups is 1. The van der Waals surface area contributed by atoms with E-state index in [4.69, 9.17) is 11.5 Å². The molecule has 0 aromatic heterocycles. The maximum Gasteiger partial charge on any atom is 0.343 e. The molecule has 0 spiro atoms. The molecule has 0 fully saturated rings. The molecule has 0 heterocycles. The standard InChI is InChI=1S/C9H14N4/c1-13(2)8-5-3-4-7(6-8)12-9(10)11/h3-6H,1-2H3,(H4,10,11,12)/p+1. The third-order valence-electron chi connectivity index (χ3n) is 1.65. The number of nitrogens with two attached hydrogens (primary N) is 2. The van der Waals surface area contributed by atoms with E-state index in [0.29, 0.717) is 0 Å². The van der Waals surface area contributed by atoms with E-state index in [2.05, 4.69) is 4.99 Å². The van der Waals surface area contributed by atoms with Crippen LogP contribution in [-0.4, -0.2) is 20.1 Å². The summed E-state index contributed by atoms with van der Waals surface area (Å²) in [5.41, 5.74) is 12.6. The van der Waals surface area contributed by atoms with E-state index in [1.165, 1.54) is 0 Å². The summed E-state index contributed by atoms with van der Waals surface area (Å²) in [5.74, 6) is 0.205. The lowest BCUT2D eigenvalue weighted by atomic mass is 10.3. The van der Waals surface area contributed by atoms with Gasteiger partial charge in [-0.05, 0) is 12.1 Å². The predicted octanol–water partition coefficient (Wildman–Crippen LogP) is -1.26. The Morgan fingerprint density at radius 3 is 2.54 bits per heavy atom. The Hall–Kier alpha value is -1.71. The molecule has 0 unspecified atom stereocenters. The molecular weight excluding hydrogens is 164 g/mol. The molecule has 0 aliphatic heterocycles. The minimum absolute atomic E-state index is 0.205. The Bertz CT molecular complexity index is 313. The summed E-state index contributed by atoms with van der Waals surface area (Å²) in [6.45, 7) is 0. The van der Waals surface area contributed by atoms with Crippen molar-refractivity contribution in [2.24, 2.45) is 11.5 Å². The van der Waals surface area contributed by atoms with Gasteiger partial charge in [-0.2, -0.15) is 0 Å². The minimum atomic E-state index is 0.205. The second-order valence-corrected chi connectivity index (χ2v) is 3.03. The summed E-state index contributed by atoms with van der Waals surface area (Å²) in [4.78, 5) is 4.86. The number of benzene rings is 1. The summed E-state index contributed by atoms with van der Waals surface area (Å²) < 4.78 is 0. The number of hydrogen-bond acceptors (Lipinski definition) is 1. The second-order valence-electron chi connectivity index (χ2n) is 3.03. The van der Waals surface area contributed by atoms with Crippen LogP contribution in [0.2, 0.25) is 0 Å². The van der Waals surface area contributed by atoms with Crippen molar-refractivity contribution in [3.05, 3.63) is 24.3 Å². The zero-order valence-electron chi connectivity index (χ0n) is 7.91. The summed E-state index contributed by atoms with van der Waals surface area (Å²) >= 11 is 0. The molecule has 4 heteroatoms. The van der Waals surface area contributed by atoms with Crippen molar-refractivity contribution in [1.82, 2.24) is 0 Å². The van der Waals surface area contributed by atoms with Gasteiger partial charge in [0.15, 0.2) is 0 Å². The summed E-state index contributed by atoms with van der Waals surface area (Å²) in [6, 6.07) is 7.84. The van der Waals surface area contributed by atoms with Gasteiger partial charge in [0.25, 0.3) is 0 Å². The smallest absolute Gasteiger partial charge is 0.343 e. The quantitative estimate of drug-likeness (QED) is 0.392. The molecular formula is C9H15N4+. The number of nitrogens with zero attached hydrogens (tertiary/aromatic N) is 1. The number of hydrogen-bond donors (Lipinski definition) is 3. The highest BCUT2D eigenvalue weighted by molar-refractivity contribution is 5.70. The summed E-state index contributed by atoms with van der Waals surface area (Å²) in [7, 11) is 3.96. The lowest BCUT2D eigenvalue weighted by molar-refractivity contribution is -0.356. The maximum absolute atomic E-state index is 5.32. The van der Waals surface area contributed by atoms with E-state index < -0.39 is 0 Å². The Morgan fingerprint density at radius 1 is 1.31 bits per heavy atom. The predicted molar refractivity (Wildman–Crippen MR) is 54.8 cm³/mol. The van der Waals surface area contributed by atoms with E-state index in [0.717, 1.165) is 11.4 Å². The van der Waals surface area contributed by atoms with Crippen molar-refractivity contribution in [2.45, 2.75) is 0 Å². The lowest BCUT2D eigenvalue weighted by Gasteiger charge is -2.11. The molecule has 5 N–H and O–H groups in total. The van der Waals surface area contributed by atoms with Crippen LogP contribution in [-0.2, 0) is 0 Å². The van der Waals surface area contributed by atoms with Gasteiger partial charge in [-0.25, -0.2) is 4.99 Å².